The number of aliphatic hydroxyl groups excluding tert-OH is 1. The summed E-state index contributed by atoms with van der Waals surface area (Å²) in [4.78, 5) is 5.15. The van der Waals surface area contributed by atoms with E-state index in [9.17, 15) is 0 Å². The van der Waals surface area contributed by atoms with Gasteiger partial charge in [-0.25, -0.2) is 0 Å². The Morgan fingerprint density at radius 3 is 3.00 bits per heavy atom. The zero-order valence-electron chi connectivity index (χ0n) is 9.76. The predicted molar refractivity (Wildman–Crippen MR) is 73.2 cm³/mol. The highest BCUT2D eigenvalue weighted by atomic mass is 32.2. The molecule has 0 spiro atoms. The van der Waals surface area contributed by atoms with E-state index in [4.69, 9.17) is 10.8 Å². The van der Waals surface area contributed by atoms with Crippen LogP contribution in [-0.2, 0) is 0 Å². The Kier molecular flexibility index (Phi) is 3.86. The molecule has 1 aromatic carbocycles. The number of fused-ring (bicyclic) bond motifs is 1. The molecule has 0 radical (unpaired) electrons. The minimum atomic E-state index is 0.214. The average Bonchev–Trinajstić information content (AvgIpc) is 2.33. The first kappa shape index (κ1) is 12.2. The van der Waals surface area contributed by atoms with E-state index in [0.29, 0.717) is 5.25 Å². The Labute approximate surface area is 105 Å². The summed E-state index contributed by atoms with van der Waals surface area (Å²) in [6.45, 7) is 2.31. The molecule has 0 aliphatic carbocycles. The van der Waals surface area contributed by atoms with E-state index in [1.165, 1.54) is 0 Å². The fourth-order valence-corrected chi connectivity index (χ4v) is 2.77. The number of rotatable bonds is 4. The fourth-order valence-electron chi connectivity index (χ4n) is 1.73. The molecule has 1 unspecified atom stereocenters. The molecular weight excluding hydrogens is 232 g/mol. The molecule has 4 heteroatoms. The summed E-state index contributed by atoms with van der Waals surface area (Å²) < 4.78 is 0. The summed E-state index contributed by atoms with van der Waals surface area (Å²) in [6, 6.07) is 6.00. The molecule has 3 nitrogen and oxygen atoms in total. The van der Waals surface area contributed by atoms with Crippen LogP contribution in [0.2, 0.25) is 0 Å². The Hall–Kier alpha value is -1.26. The highest BCUT2D eigenvalue weighted by Gasteiger charge is 2.09. The number of benzene rings is 1. The van der Waals surface area contributed by atoms with Crippen LogP contribution in [0.25, 0.3) is 10.8 Å². The minimum Gasteiger partial charge on any atom is -0.397 e. The van der Waals surface area contributed by atoms with Crippen molar-refractivity contribution in [1.82, 2.24) is 4.98 Å². The lowest BCUT2D eigenvalue weighted by Crippen LogP contribution is -2.00. The monoisotopic (exact) mass is 248 g/mol. The van der Waals surface area contributed by atoms with Crippen molar-refractivity contribution in [2.75, 3.05) is 12.3 Å². The van der Waals surface area contributed by atoms with Crippen molar-refractivity contribution in [2.45, 2.75) is 23.5 Å². The van der Waals surface area contributed by atoms with Gasteiger partial charge in [0.15, 0.2) is 0 Å². The number of nitrogens with zero attached hydrogens (tertiary/aromatic N) is 1. The number of nitrogens with two attached hydrogens (primary N) is 1. The Morgan fingerprint density at radius 1 is 1.41 bits per heavy atom. The van der Waals surface area contributed by atoms with Crippen molar-refractivity contribution >= 4 is 28.2 Å². The van der Waals surface area contributed by atoms with Crippen LogP contribution in [0.4, 0.5) is 5.69 Å². The fraction of sp³-hybridized carbons (Fsp3) is 0.308. The van der Waals surface area contributed by atoms with E-state index in [-0.39, 0.29) is 6.61 Å². The van der Waals surface area contributed by atoms with Gasteiger partial charge in [-0.3, -0.25) is 4.98 Å². The maximum atomic E-state index is 8.90. The van der Waals surface area contributed by atoms with Crippen LogP contribution in [0.1, 0.15) is 13.3 Å². The van der Waals surface area contributed by atoms with E-state index >= 15 is 0 Å². The molecule has 0 fully saturated rings. The van der Waals surface area contributed by atoms with E-state index < -0.39 is 0 Å². The van der Waals surface area contributed by atoms with E-state index in [1.807, 2.05) is 24.4 Å². The molecule has 3 N–H and O–H groups in total. The molecule has 0 bridgehead atoms. The van der Waals surface area contributed by atoms with Crippen LogP contribution in [-0.4, -0.2) is 21.9 Å². The summed E-state index contributed by atoms with van der Waals surface area (Å²) in [5.41, 5.74) is 6.96. The normalized spacial score (nSPS) is 12.8. The second-order valence-electron chi connectivity index (χ2n) is 4.01. The first-order chi connectivity index (χ1) is 8.22. The number of thioether (sulfide) groups is 1. The summed E-state index contributed by atoms with van der Waals surface area (Å²) in [5.74, 6) is 0. The lowest BCUT2D eigenvalue weighted by atomic mass is 10.1. The van der Waals surface area contributed by atoms with Crippen molar-refractivity contribution < 1.29 is 5.11 Å². The number of pyridine rings is 1. The predicted octanol–water partition coefficient (Wildman–Crippen LogP) is 2.68. The molecule has 1 aromatic heterocycles. The number of aromatic nitrogens is 1. The Balaban J connectivity index is 2.32. The molecule has 2 rings (SSSR count). The third-order valence-electron chi connectivity index (χ3n) is 2.69. The zero-order chi connectivity index (χ0) is 12.3. The molecule has 2 aromatic rings. The van der Waals surface area contributed by atoms with Gasteiger partial charge in [0.25, 0.3) is 0 Å². The highest BCUT2D eigenvalue weighted by Crippen LogP contribution is 2.34. The number of anilines is 1. The van der Waals surface area contributed by atoms with E-state index in [2.05, 4.69) is 11.9 Å². The van der Waals surface area contributed by atoms with Gasteiger partial charge in [0.05, 0.1) is 5.69 Å². The van der Waals surface area contributed by atoms with Crippen LogP contribution in [0.5, 0.6) is 0 Å². The summed E-state index contributed by atoms with van der Waals surface area (Å²) in [7, 11) is 0. The van der Waals surface area contributed by atoms with Crippen LogP contribution in [0.15, 0.2) is 35.5 Å². The van der Waals surface area contributed by atoms with Gasteiger partial charge in [-0.2, -0.15) is 0 Å². The van der Waals surface area contributed by atoms with Crippen LogP contribution in [0.3, 0.4) is 0 Å². The summed E-state index contributed by atoms with van der Waals surface area (Å²) in [6.07, 6.45) is 4.35. The smallest absolute Gasteiger partial charge is 0.0533 e. The first-order valence-corrected chi connectivity index (χ1v) is 6.50. The molecule has 0 aliphatic heterocycles. The van der Waals surface area contributed by atoms with Gasteiger partial charge in [0.2, 0.25) is 0 Å². The van der Waals surface area contributed by atoms with Crippen molar-refractivity contribution in [3.63, 3.8) is 0 Å². The van der Waals surface area contributed by atoms with Gasteiger partial charge in [-0.15, -0.1) is 11.8 Å². The van der Waals surface area contributed by atoms with Gasteiger partial charge in [-0.05, 0) is 18.6 Å². The van der Waals surface area contributed by atoms with Gasteiger partial charge >= 0.3 is 0 Å². The Bertz CT molecular complexity index is 516. The number of aliphatic hydroxyl groups is 1. The maximum absolute atomic E-state index is 8.90. The van der Waals surface area contributed by atoms with Crippen LogP contribution >= 0.6 is 11.8 Å². The SMILES string of the molecule is CC(CCO)Sc1ccc2cnccc2c1N. The second-order valence-corrected chi connectivity index (χ2v) is 5.50. The second kappa shape index (κ2) is 5.38. The number of nitrogen functional groups attached to an aromatic ring is 1. The topological polar surface area (TPSA) is 59.1 Å². The molecule has 0 amide bonds. The minimum absolute atomic E-state index is 0.214. The lowest BCUT2D eigenvalue weighted by molar-refractivity contribution is 0.289. The molecule has 0 saturated heterocycles. The third-order valence-corrected chi connectivity index (χ3v) is 3.93. The molecular formula is C13H16N2OS. The van der Waals surface area contributed by atoms with Gasteiger partial charge < -0.3 is 10.8 Å². The molecule has 1 atom stereocenters. The van der Waals surface area contributed by atoms with E-state index in [1.54, 1.807) is 18.0 Å². The van der Waals surface area contributed by atoms with Gasteiger partial charge in [-0.1, -0.05) is 13.0 Å². The first-order valence-electron chi connectivity index (χ1n) is 5.62. The third kappa shape index (κ3) is 2.70. The van der Waals surface area contributed by atoms with Crippen molar-refractivity contribution in [1.29, 1.82) is 0 Å². The molecule has 1 heterocycles. The van der Waals surface area contributed by atoms with Crippen molar-refractivity contribution in [2.24, 2.45) is 0 Å². The van der Waals surface area contributed by atoms with Crippen molar-refractivity contribution in [3.05, 3.63) is 30.6 Å². The van der Waals surface area contributed by atoms with Crippen LogP contribution in [0, 0.1) is 0 Å². The van der Waals surface area contributed by atoms with Gasteiger partial charge in [0, 0.05) is 39.9 Å². The lowest BCUT2D eigenvalue weighted by Gasteiger charge is -2.13. The number of hydrogen-bond acceptors (Lipinski definition) is 4. The quantitative estimate of drug-likeness (QED) is 0.645. The average molecular weight is 248 g/mol. The zero-order valence-corrected chi connectivity index (χ0v) is 10.6. The standard InChI is InChI=1S/C13H16N2OS/c1-9(5-7-16)17-12-3-2-10-8-15-6-4-11(10)13(12)14/h2-4,6,8-9,16H,5,7,14H2,1H3. The highest BCUT2D eigenvalue weighted by molar-refractivity contribution is 8.00. The summed E-state index contributed by atoms with van der Waals surface area (Å²) in [5, 5.41) is 11.4. The maximum Gasteiger partial charge on any atom is 0.0533 e. The van der Waals surface area contributed by atoms with E-state index in [0.717, 1.165) is 27.8 Å². The summed E-state index contributed by atoms with van der Waals surface area (Å²) >= 11 is 1.70. The molecule has 0 aliphatic rings. The Morgan fingerprint density at radius 2 is 2.24 bits per heavy atom. The largest absolute Gasteiger partial charge is 0.397 e. The van der Waals surface area contributed by atoms with Crippen LogP contribution < -0.4 is 5.73 Å². The number of hydrogen-bond donors (Lipinski definition) is 2. The molecule has 90 valence electrons. The van der Waals surface area contributed by atoms with Crippen molar-refractivity contribution in [3.8, 4) is 0 Å². The van der Waals surface area contributed by atoms with Gasteiger partial charge in [0.1, 0.15) is 0 Å². The molecule has 0 saturated carbocycles. The molecule has 17 heavy (non-hydrogen) atoms.